The molecule has 0 unspecified atom stereocenters. The Morgan fingerprint density at radius 3 is 2.79 bits per heavy atom. The van der Waals surface area contributed by atoms with Crippen molar-refractivity contribution in [2.75, 3.05) is 43.4 Å². The Hall–Kier alpha value is -1.04. The molecular formula is C19H28N2O2S. The standard InChI is InChI=1S/C19H28N2O2S/c1-2-14-23-16-8-12-20(13-9-16)10-5-11-21-17-6-3-4-7-18(17)24-15-19(21)22/h3-4,6-7,16H,2,5,8-15H2,1H3. The summed E-state index contributed by atoms with van der Waals surface area (Å²) >= 11 is 1.65. The van der Waals surface area contributed by atoms with Crippen LogP contribution in [0.4, 0.5) is 5.69 Å². The Morgan fingerprint density at radius 1 is 1.21 bits per heavy atom. The Bertz CT molecular complexity index is 544. The fourth-order valence-corrected chi connectivity index (χ4v) is 4.37. The largest absolute Gasteiger partial charge is 0.378 e. The molecule has 1 amide bonds. The van der Waals surface area contributed by atoms with E-state index in [4.69, 9.17) is 4.74 Å². The van der Waals surface area contributed by atoms with Gasteiger partial charge in [0.1, 0.15) is 0 Å². The number of para-hydroxylation sites is 1. The fraction of sp³-hybridized carbons (Fsp3) is 0.632. The molecule has 4 nitrogen and oxygen atoms in total. The van der Waals surface area contributed by atoms with Crippen LogP contribution in [0.2, 0.25) is 0 Å². The Labute approximate surface area is 149 Å². The Morgan fingerprint density at radius 2 is 2.00 bits per heavy atom. The lowest BCUT2D eigenvalue weighted by Crippen LogP contribution is -2.40. The molecule has 2 aliphatic heterocycles. The summed E-state index contributed by atoms with van der Waals surface area (Å²) in [6.07, 6.45) is 4.87. The lowest BCUT2D eigenvalue weighted by atomic mass is 10.1. The molecule has 0 spiro atoms. The number of piperidine rings is 1. The van der Waals surface area contributed by atoms with Gasteiger partial charge < -0.3 is 14.5 Å². The number of amides is 1. The highest BCUT2D eigenvalue weighted by Crippen LogP contribution is 2.34. The molecule has 24 heavy (non-hydrogen) atoms. The van der Waals surface area contributed by atoms with Crippen LogP contribution in [0.3, 0.4) is 0 Å². The topological polar surface area (TPSA) is 32.8 Å². The lowest BCUT2D eigenvalue weighted by molar-refractivity contribution is -0.116. The number of carbonyl (C=O) groups is 1. The van der Waals surface area contributed by atoms with Crippen LogP contribution < -0.4 is 4.90 Å². The summed E-state index contributed by atoms with van der Waals surface area (Å²) in [6.45, 7) is 7.18. The first-order valence-electron chi connectivity index (χ1n) is 9.14. The number of likely N-dealkylation sites (tertiary alicyclic amines) is 1. The number of nitrogens with zero attached hydrogens (tertiary/aromatic N) is 2. The number of anilines is 1. The number of thioether (sulfide) groups is 1. The van der Waals surface area contributed by atoms with Gasteiger partial charge in [0.2, 0.25) is 5.91 Å². The molecule has 0 saturated carbocycles. The van der Waals surface area contributed by atoms with Crippen molar-refractivity contribution in [3.63, 3.8) is 0 Å². The summed E-state index contributed by atoms with van der Waals surface area (Å²) in [5, 5.41) is 0. The summed E-state index contributed by atoms with van der Waals surface area (Å²) in [5.41, 5.74) is 1.09. The summed E-state index contributed by atoms with van der Waals surface area (Å²) < 4.78 is 5.85. The van der Waals surface area contributed by atoms with Crippen molar-refractivity contribution >= 4 is 23.4 Å². The van der Waals surface area contributed by atoms with E-state index in [0.717, 1.165) is 64.2 Å². The smallest absolute Gasteiger partial charge is 0.237 e. The Balaban J connectivity index is 1.43. The third-order valence-corrected chi connectivity index (χ3v) is 5.80. The number of fused-ring (bicyclic) bond motifs is 1. The minimum atomic E-state index is 0.241. The molecule has 0 N–H and O–H groups in total. The molecule has 0 atom stereocenters. The third kappa shape index (κ3) is 4.52. The van der Waals surface area contributed by atoms with Gasteiger partial charge in [0.25, 0.3) is 0 Å². The van der Waals surface area contributed by atoms with E-state index in [0.29, 0.717) is 11.9 Å². The second-order valence-electron chi connectivity index (χ2n) is 6.57. The molecule has 2 aliphatic rings. The molecule has 132 valence electrons. The quantitative estimate of drug-likeness (QED) is 0.756. The van der Waals surface area contributed by atoms with Crippen LogP contribution in [0.5, 0.6) is 0 Å². The number of hydrogen-bond donors (Lipinski definition) is 0. The molecular weight excluding hydrogens is 320 g/mol. The van der Waals surface area contributed by atoms with Crippen molar-refractivity contribution < 1.29 is 9.53 Å². The first kappa shape index (κ1) is 17.8. The fourth-order valence-electron chi connectivity index (χ4n) is 3.44. The van der Waals surface area contributed by atoms with Crippen LogP contribution in [-0.4, -0.2) is 55.4 Å². The van der Waals surface area contributed by atoms with Crippen molar-refractivity contribution in [2.24, 2.45) is 0 Å². The van der Waals surface area contributed by atoms with Crippen LogP contribution in [0, 0.1) is 0 Å². The van der Waals surface area contributed by atoms with Gasteiger partial charge in [0, 0.05) is 31.1 Å². The number of benzene rings is 1. The third-order valence-electron chi connectivity index (χ3n) is 4.76. The zero-order valence-electron chi connectivity index (χ0n) is 14.6. The van der Waals surface area contributed by atoms with Gasteiger partial charge in [-0.05, 0) is 44.4 Å². The molecule has 1 aromatic rings. The monoisotopic (exact) mass is 348 g/mol. The van der Waals surface area contributed by atoms with E-state index in [-0.39, 0.29) is 5.91 Å². The van der Waals surface area contributed by atoms with E-state index >= 15 is 0 Å². The SMILES string of the molecule is CCCOC1CCN(CCCN2C(=O)CSc3ccccc32)CC1. The van der Waals surface area contributed by atoms with Gasteiger partial charge in [0.05, 0.1) is 17.5 Å². The summed E-state index contributed by atoms with van der Waals surface area (Å²) in [7, 11) is 0. The van der Waals surface area contributed by atoms with Crippen LogP contribution in [-0.2, 0) is 9.53 Å². The second kappa shape index (κ2) is 8.88. The van der Waals surface area contributed by atoms with Crippen LogP contribution in [0.15, 0.2) is 29.2 Å². The van der Waals surface area contributed by atoms with Crippen molar-refractivity contribution in [2.45, 2.75) is 43.6 Å². The highest BCUT2D eigenvalue weighted by Gasteiger charge is 2.24. The van der Waals surface area contributed by atoms with E-state index in [1.165, 1.54) is 4.90 Å². The highest BCUT2D eigenvalue weighted by molar-refractivity contribution is 8.00. The van der Waals surface area contributed by atoms with Crippen molar-refractivity contribution in [1.82, 2.24) is 4.90 Å². The first-order valence-corrected chi connectivity index (χ1v) is 10.1. The van der Waals surface area contributed by atoms with Gasteiger partial charge in [-0.3, -0.25) is 4.79 Å². The number of rotatable bonds is 7. The van der Waals surface area contributed by atoms with E-state index in [9.17, 15) is 4.79 Å². The number of hydrogen-bond acceptors (Lipinski definition) is 4. The molecule has 2 heterocycles. The van der Waals surface area contributed by atoms with Crippen molar-refractivity contribution in [1.29, 1.82) is 0 Å². The minimum Gasteiger partial charge on any atom is -0.378 e. The molecule has 0 aromatic heterocycles. The predicted octanol–water partition coefficient (Wildman–Crippen LogP) is 3.41. The van der Waals surface area contributed by atoms with Gasteiger partial charge >= 0.3 is 0 Å². The zero-order valence-corrected chi connectivity index (χ0v) is 15.4. The number of carbonyl (C=O) groups excluding carboxylic acids is 1. The molecule has 0 radical (unpaired) electrons. The molecule has 0 bridgehead atoms. The lowest BCUT2D eigenvalue weighted by Gasteiger charge is -2.33. The average Bonchev–Trinajstić information content (AvgIpc) is 2.63. The van der Waals surface area contributed by atoms with Crippen molar-refractivity contribution in [3.05, 3.63) is 24.3 Å². The molecule has 1 aromatic carbocycles. The summed E-state index contributed by atoms with van der Waals surface area (Å²) in [5.74, 6) is 0.808. The van der Waals surface area contributed by atoms with Crippen LogP contribution in [0.1, 0.15) is 32.6 Å². The Kier molecular flexibility index (Phi) is 6.58. The van der Waals surface area contributed by atoms with E-state index in [1.54, 1.807) is 11.8 Å². The van der Waals surface area contributed by atoms with Gasteiger partial charge in [-0.2, -0.15) is 0 Å². The van der Waals surface area contributed by atoms with Crippen LogP contribution >= 0.6 is 11.8 Å². The molecule has 1 saturated heterocycles. The van der Waals surface area contributed by atoms with Gasteiger partial charge in [0.15, 0.2) is 0 Å². The first-order chi connectivity index (χ1) is 11.8. The van der Waals surface area contributed by atoms with Gasteiger partial charge in [-0.15, -0.1) is 11.8 Å². The summed E-state index contributed by atoms with van der Waals surface area (Å²) in [6, 6.07) is 8.24. The average molecular weight is 349 g/mol. The maximum absolute atomic E-state index is 12.3. The minimum absolute atomic E-state index is 0.241. The molecule has 3 rings (SSSR count). The van der Waals surface area contributed by atoms with E-state index in [1.807, 2.05) is 17.0 Å². The predicted molar refractivity (Wildman–Crippen MR) is 99.8 cm³/mol. The van der Waals surface area contributed by atoms with Crippen LogP contribution in [0.25, 0.3) is 0 Å². The van der Waals surface area contributed by atoms with E-state index in [2.05, 4.69) is 24.0 Å². The van der Waals surface area contributed by atoms with Crippen molar-refractivity contribution in [3.8, 4) is 0 Å². The maximum atomic E-state index is 12.3. The van der Waals surface area contributed by atoms with E-state index < -0.39 is 0 Å². The normalized spacial score (nSPS) is 19.5. The highest BCUT2D eigenvalue weighted by atomic mass is 32.2. The zero-order chi connectivity index (χ0) is 16.8. The maximum Gasteiger partial charge on any atom is 0.237 e. The van der Waals surface area contributed by atoms with Gasteiger partial charge in [-0.25, -0.2) is 0 Å². The molecule has 0 aliphatic carbocycles. The molecule has 5 heteroatoms. The molecule has 1 fully saturated rings. The van der Waals surface area contributed by atoms with Gasteiger partial charge in [-0.1, -0.05) is 19.1 Å². The number of ether oxygens (including phenoxy) is 1. The second-order valence-corrected chi connectivity index (χ2v) is 7.58. The summed E-state index contributed by atoms with van der Waals surface area (Å²) in [4.78, 5) is 18.0.